The summed E-state index contributed by atoms with van der Waals surface area (Å²) in [6.07, 6.45) is 3.52. The molecule has 0 aliphatic heterocycles. The van der Waals surface area contributed by atoms with Crippen LogP contribution in [0.4, 0.5) is 5.95 Å². The van der Waals surface area contributed by atoms with Gasteiger partial charge in [0.05, 0.1) is 17.1 Å². The lowest BCUT2D eigenvalue weighted by Gasteiger charge is -2.26. The molecule has 3 aromatic rings. The van der Waals surface area contributed by atoms with Crippen molar-refractivity contribution < 1.29 is 0 Å². The van der Waals surface area contributed by atoms with Crippen LogP contribution >= 0.6 is 15.9 Å². The average Bonchev–Trinajstić information content (AvgIpc) is 2.90. The predicted molar refractivity (Wildman–Crippen MR) is 89.5 cm³/mol. The van der Waals surface area contributed by atoms with Gasteiger partial charge in [-0.25, -0.2) is 4.98 Å². The van der Waals surface area contributed by atoms with Crippen LogP contribution in [-0.4, -0.2) is 9.97 Å². The Kier molecular flexibility index (Phi) is 3.19. The molecule has 0 bridgehead atoms. The van der Waals surface area contributed by atoms with Crippen molar-refractivity contribution in [2.45, 2.75) is 25.3 Å². The minimum atomic E-state index is 0.326. The molecule has 2 N–H and O–H groups in total. The summed E-state index contributed by atoms with van der Waals surface area (Å²) in [5.41, 5.74) is 4.91. The van der Waals surface area contributed by atoms with E-state index in [1.54, 1.807) is 0 Å². The number of nitrogens with zero attached hydrogens (tertiary/aromatic N) is 1. The van der Waals surface area contributed by atoms with E-state index in [2.05, 4.69) is 55.5 Å². The number of hydrogen-bond donors (Lipinski definition) is 2. The van der Waals surface area contributed by atoms with Crippen molar-refractivity contribution in [1.29, 1.82) is 0 Å². The van der Waals surface area contributed by atoms with Crippen LogP contribution in [-0.2, 0) is 6.42 Å². The molecule has 0 spiro atoms. The quantitative estimate of drug-likeness (QED) is 0.701. The molecule has 0 unspecified atom stereocenters. The van der Waals surface area contributed by atoms with E-state index in [0.717, 1.165) is 27.9 Å². The number of H-pyrrole nitrogens is 1. The SMILES string of the molecule is Brc1ccc2c(c1)[C@@H](Nc1nc3ccccc3[nH]1)CCC2. The summed E-state index contributed by atoms with van der Waals surface area (Å²) < 4.78 is 1.14. The van der Waals surface area contributed by atoms with Crippen LogP contribution in [0.2, 0.25) is 0 Å². The zero-order valence-electron chi connectivity index (χ0n) is 11.6. The second-order valence-electron chi connectivity index (χ2n) is 5.53. The second kappa shape index (κ2) is 5.19. The number of rotatable bonds is 2. The topological polar surface area (TPSA) is 40.7 Å². The number of para-hydroxylation sites is 2. The molecule has 1 heterocycles. The fourth-order valence-electron chi connectivity index (χ4n) is 3.11. The molecule has 0 saturated heterocycles. The van der Waals surface area contributed by atoms with Gasteiger partial charge in [0.15, 0.2) is 0 Å². The van der Waals surface area contributed by atoms with E-state index in [1.807, 2.05) is 18.2 Å². The third-order valence-electron chi connectivity index (χ3n) is 4.12. The first-order valence-electron chi connectivity index (χ1n) is 7.29. The number of benzene rings is 2. The fourth-order valence-corrected chi connectivity index (χ4v) is 3.48. The van der Waals surface area contributed by atoms with Gasteiger partial charge in [0.25, 0.3) is 0 Å². The molecule has 0 amide bonds. The molecule has 106 valence electrons. The minimum absolute atomic E-state index is 0.326. The normalized spacial score (nSPS) is 17.7. The number of nitrogens with one attached hydrogen (secondary N) is 2. The Morgan fingerprint density at radius 1 is 1.19 bits per heavy atom. The maximum atomic E-state index is 4.62. The number of aromatic nitrogens is 2. The van der Waals surface area contributed by atoms with Crippen molar-refractivity contribution in [3.05, 3.63) is 58.1 Å². The first-order valence-corrected chi connectivity index (χ1v) is 8.08. The first kappa shape index (κ1) is 12.9. The van der Waals surface area contributed by atoms with Gasteiger partial charge < -0.3 is 10.3 Å². The molecule has 0 fully saturated rings. The first-order chi connectivity index (χ1) is 10.3. The number of imidazole rings is 1. The van der Waals surface area contributed by atoms with E-state index >= 15 is 0 Å². The van der Waals surface area contributed by atoms with Crippen molar-refractivity contribution >= 4 is 32.9 Å². The van der Waals surface area contributed by atoms with Crippen LogP contribution < -0.4 is 5.32 Å². The Bertz CT molecular complexity index is 761. The predicted octanol–water partition coefficient (Wildman–Crippen LogP) is 4.81. The van der Waals surface area contributed by atoms with Gasteiger partial charge in [-0.05, 0) is 54.7 Å². The number of aryl methyl sites for hydroxylation is 1. The van der Waals surface area contributed by atoms with E-state index in [0.29, 0.717) is 6.04 Å². The average molecular weight is 342 g/mol. The lowest BCUT2D eigenvalue weighted by molar-refractivity contribution is 0.597. The molecule has 0 saturated carbocycles. The molecule has 1 aliphatic rings. The van der Waals surface area contributed by atoms with Crippen molar-refractivity contribution in [3.63, 3.8) is 0 Å². The Labute approximate surface area is 131 Å². The van der Waals surface area contributed by atoms with E-state index in [4.69, 9.17) is 0 Å². The molecular formula is C17H16BrN3. The molecule has 2 aromatic carbocycles. The van der Waals surface area contributed by atoms with Gasteiger partial charge in [0, 0.05) is 4.47 Å². The van der Waals surface area contributed by atoms with Gasteiger partial charge in [-0.15, -0.1) is 0 Å². The molecule has 4 rings (SSSR count). The summed E-state index contributed by atoms with van der Waals surface area (Å²) in [7, 11) is 0. The van der Waals surface area contributed by atoms with Crippen LogP contribution in [0, 0.1) is 0 Å². The maximum Gasteiger partial charge on any atom is 0.201 e. The van der Waals surface area contributed by atoms with Gasteiger partial charge in [-0.2, -0.15) is 0 Å². The van der Waals surface area contributed by atoms with Crippen molar-refractivity contribution in [3.8, 4) is 0 Å². The molecule has 0 radical (unpaired) electrons. The summed E-state index contributed by atoms with van der Waals surface area (Å²) in [5, 5.41) is 3.57. The highest BCUT2D eigenvalue weighted by Gasteiger charge is 2.21. The van der Waals surface area contributed by atoms with Gasteiger partial charge in [0.1, 0.15) is 0 Å². The van der Waals surface area contributed by atoms with Crippen LogP contribution in [0.5, 0.6) is 0 Å². The van der Waals surface area contributed by atoms with Crippen molar-refractivity contribution in [1.82, 2.24) is 9.97 Å². The third kappa shape index (κ3) is 2.44. The minimum Gasteiger partial charge on any atom is -0.349 e. The van der Waals surface area contributed by atoms with Crippen LogP contribution in [0.1, 0.15) is 30.0 Å². The summed E-state index contributed by atoms with van der Waals surface area (Å²) in [6, 6.07) is 15.0. The number of fused-ring (bicyclic) bond motifs is 2. The number of aromatic amines is 1. The molecule has 21 heavy (non-hydrogen) atoms. The van der Waals surface area contributed by atoms with Crippen LogP contribution in [0.3, 0.4) is 0 Å². The molecule has 4 heteroatoms. The standard InChI is InChI=1S/C17H16BrN3/c18-12-9-8-11-4-3-7-14(13(11)10-12)19-17-20-15-5-1-2-6-16(15)21-17/h1-2,5-6,8-10,14H,3-4,7H2,(H2,19,20,21)/t14-/m0/s1. The largest absolute Gasteiger partial charge is 0.349 e. The molecule has 1 aromatic heterocycles. The van der Waals surface area contributed by atoms with Gasteiger partial charge in [-0.1, -0.05) is 34.1 Å². The fraction of sp³-hybridized carbons (Fsp3) is 0.235. The molecular weight excluding hydrogens is 326 g/mol. The third-order valence-corrected chi connectivity index (χ3v) is 4.62. The zero-order chi connectivity index (χ0) is 14.2. The molecule has 1 atom stereocenters. The number of hydrogen-bond acceptors (Lipinski definition) is 2. The van der Waals surface area contributed by atoms with Crippen LogP contribution in [0.15, 0.2) is 46.9 Å². The molecule has 3 nitrogen and oxygen atoms in total. The number of halogens is 1. The van der Waals surface area contributed by atoms with Crippen LogP contribution in [0.25, 0.3) is 11.0 Å². The molecule has 1 aliphatic carbocycles. The lowest BCUT2D eigenvalue weighted by Crippen LogP contribution is -2.18. The lowest BCUT2D eigenvalue weighted by atomic mass is 9.88. The van der Waals surface area contributed by atoms with Crippen molar-refractivity contribution in [2.24, 2.45) is 0 Å². The smallest absolute Gasteiger partial charge is 0.201 e. The Hall–Kier alpha value is -1.81. The zero-order valence-corrected chi connectivity index (χ0v) is 13.2. The van der Waals surface area contributed by atoms with E-state index in [-0.39, 0.29) is 0 Å². The summed E-state index contributed by atoms with van der Waals surface area (Å²) in [6.45, 7) is 0. The summed E-state index contributed by atoms with van der Waals surface area (Å²) in [5.74, 6) is 0.856. The number of anilines is 1. The summed E-state index contributed by atoms with van der Waals surface area (Å²) in [4.78, 5) is 7.98. The van der Waals surface area contributed by atoms with E-state index in [1.165, 1.54) is 24.0 Å². The Balaban J connectivity index is 1.67. The monoisotopic (exact) mass is 341 g/mol. The highest BCUT2D eigenvalue weighted by Crippen LogP contribution is 2.34. The Morgan fingerprint density at radius 2 is 2.10 bits per heavy atom. The summed E-state index contributed by atoms with van der Waals surface area (Å²) >= 11 is 3.58. The van der Waals surface area contributed by atoms with E-state index in [9.17, 15) is 0 Å². The van der Waals surface area contributed by atoms with Gasteiger partial charge in [-0.3, -0.25) is 0 Å². The highest BCUT2D eigenvalue weighted by molar-refractivity contribution is 9.10. The van der Waals surface area contributed by atoms with Crippen molar-refractivity contribution in [2.75, 3.05) is 5.32 Å². The maximum absolute atomic E-state index is 4.62. The second-order valence-corrected chi connectivity index (χ2v) is 6.45. The van der Waals surface area contributed by atoms with Gasteiger partial charge >= 0.3 is 0 Å². The highest BCUT2D eigenvalue weighted by atomic mass is 79.9. The Morgan fingerprint density at radius 3 is 3.00 bits per heavy atom. The van der Waals surface area contributed by atoms with E-state index < -0.39 is 0 Å². The van der Waals surface area contributed by atoms with Gasteiger partial charge in [0.2, 0.25) is 5.95 Å².